The molecule has 20 heavy (non-hydrogen) atoms. The monoisotopic (exact) mass is 297 g/mol. The van der Waals surface area contributed by atoms with Crippen molar-refractivity contribution in [1.29, 1.82) is 0 Å². The van der Waals surface area contributed by atoms with Gasteiger partial charge in [-0.1, -0.05) is 37.6 Å². The second-order valence-electron chi connectivity index (χ2n) is 5.72. The molecule has 0 aliphatic rings. The van der Waals surface area contributed by atoms with Gasteiger partial charge in [-0.15, -0.1) is 0 Å². The molecule has 3 nitrogen and oxygen atoms in total. The van der Waals surface area contributed by atoms with E-state index in [0.717, 1.165) is 29.1 Å². The van der Waals surface area contributed by atoms with Crippen LogP contribution < -0.4 is 5.32 Å². The molecular formula is C16H24ClNO2. The van der Waals surface area contributed by atoms with Crippen LogP contribution in [0.1, 0.15) is 37.8 Å². The Kier molecular flexibility index (Phi) is 7.03. The third kappa shape index (κ3) is 6.40. The normalized spacial score (nSPS) is 12.7. The van der Waals surface area contributed by atoms with E-state index in [1.165, 1.54) is 0 Å². The summed E-state index contributed by atoms with van der Waals surface area (Å²) in [5.41, 5.74) is 2.15. The minimum absolute atomic E-state index is 0.0353. The Morgan fingerprint density at radius 2 is 2.10 bits per heavy atom. The molecule has 0 aromatic heterocycles. The fourth-order valence-corrected chi connectivity index (χ4v) is 2.24. The highest BCUT2D eigenvalue weighted by atomic mass is 35.5. The van der Waals surface area contributed by atoms with E-state index < -0.39 is 5.97 Å². The molecule has 1 aromatic carbocycles. The van der Waals surface area contributed by atoms with Gasteiger partial charge in [0.25, 0.3) is 0 Å². The summed E-state index contributed by atoms with van der Waals surface area (Å²) in [6, 6.07) is 5.83. The third-order valence-electron chi connectivity index (χ3n) is 3.28. The first-order chi connectivity index (χ1) is 9.38. The summed E-state index contributed by atoms with van der Waals surface area (Å²) >= 11 is 6.01. The van der Waals surface area contributed by atoms with Gasteiger partial charge in [-0.2, -0.15) is 0 Å². The van der Waals surface area contributed by atoms with Gasteiger partial charge in [-0.3, -0.25) is 4.79 Å². The molecule has 0 amide bonds. The molecule has 2 N–H and O–H groups in total. The van der Waals surface area contributed by atoms with Crippen LogP contribution in [-0.2, 0) is 11.2 Å². The smallest absolute Gasteiger partial charge is 0.304 e. The summed E-state index contributed by atoms with van der Waals surface area (Å²) in [5, 5.41) is 13.1. The van der Waals surface area contributed by atoms with Crippen molar-refractivity contribution in [3.05, 3.63) is 34.3 Å². The largest absolute Gasteiger partial charge is 0.481 e. The van der Waals surface area contributed by atoms with E-state index in [0.29, 0.717) is 12.3 Å². The zero-order chi connectivity index (χ0) is 15.1. The molecule has 0 aliphatic carbocycles. The molecule has 0 saturated carbocycles. The highest BCUT2D eigenvalue weighted by Gasteiger charge is 2.14. The van der Waals surface area contributed by atoms with Crippen molar-refractivity contribution in [2.24, 2.45) is 5.92 Å². The molecule has 0 heterocycles. The Morgan fingerprint density at radius 1 is 1.40 bits per heavy atom. The highest BCUT2D eigenvalue weighted by molar-refractivity contribution is 6.31. The summed E-state index contributed by atoms with van der Waals surface area (Å²) in [6.07, 6.45) is 1.90. The highest BCUT2D eigenvalue weighted by Crippen LogP contribution is 2.17. The number of aliphatic carboxylic acids is 1. The number of aryl methyl sites for hydroxylation is 1. The van der Waals surface area contributed by atoms with E-state index in [-0.39, 0.29) is 12.5 Å². The molecule has 0 aliphatic heterocycles. The second-order valence-corrected chi connectivity index (χ2v) is 6.13. The van der Waals surface area contributed by atoms with Gasteiger partial charge in [0.2, 0.25) is 0 Å². The molecule has 1 atom stereocenters. The number of halogens is 1. The summed E-state index contributed by atoms with van der Waals surface area (Å²) in [6.45, 7) is 7.14. The van der Waals surface area contributed by atoms with Crippen LogP contribution in [0.25, 0.3) is 0 Å². The van der Waals surface area contributed by atoms with Gasteiger partial charge in [0.05, 0.1) is 6.42 Å². The third-order valence-corrected chi connectivity index (χ3v) is 3.70. The summed E-state index contributed by atoms with van der Waals surface area (Å²) in [7, 11) is 0. The van der Waals surface area contributed by atoms with Gasteiger partial charge in [0.15, 0.2) is 0 Å². The van der Waals surface area contributed by atoms with Gasteiger partial charge in [0.1, 0.15) is 0 Å². The molecular weight excluding hydrogens is 274 g/mol. The Bertz CT molecular complexity index is 446. The van der Waals surface area contributed by atoms with E-state index in [4.69, 9.17) is 16.7 Å². The Balaban J connectivity index is 2.62. The van der Waals surface area contributed by atoms with Gasteiger partial charge >= 0.3 is 5.97 Å². The molecule has 0 spiro atoms. The van der Waals surface area contributed by atoms with Crippen LogP contribution in [0.2, 0.25) is 5.02 Å². The lowest BCUT2D eigenvalue weighted by Crippen LogP contribution is -2.34. The van der Waals surface area contributed by atoms with Gasteiger partial charge in [-0.05, 0) is 49.4 Å². The minimum Gasteiger partial charge on any atom is -0.481 e. The molecule has 112 valence electrons. The molecule has 1 rings (SSSR count). The van der Waals surface area contributed by atoms with Gasteiger partial charge < -0.3 is 10.4 Å². The van der Waals surface area contributed by atoms with Crippen molar-refractivity contribution in [1.82, 2.24) is 5.32 Å². The molecule has 0 bridgehead atoms. The zero-order valence-electron chi connectivity index (χ0n) is 12.4. The second kappa shape index (κ2) is 8.28. The van der Waals surface area contributed by atoms with Crippen molar-refractivity contribution in [2.45, 2.75) is 46.1 Å². The number of hydrogen-bond acceptors (Lipinski definition) is 2. The minimum atomic E-state index is -0.766. The van der Waals surface area contributed by atoms with Crippen LogP contribution in [0.15, 0.2) is 18.2 Å². The van der Waals surface area contributed by atoms with Crippen molar-refractivity contribution in [3.8, 4) is 0 Å². The first kappa shape index (κ1) is 17.0. The average Bonchev–Trinajstić information content (AvgIpc) is 2.32. The number of carboxylic acid groups (broad SMARTS) is 1. The SMILES string of the molecule is Cc1cc(CC(CC(=O)O)NCCC(C)C)ccc1Cl. The molecule has 0 fully saturated rings. The van der Waals surface area contributed by atoms with Crippen LogP contribution in [0.5, 0.6) is 0 Å². The summed E-state index contributed by atoms with van der Waals surface area (Å²) in [5.74, 6) is -0.150. The molecule has 4 heteroatoms. The maximum Gasteiger partial charge on any atom is 0.304 e. The van der Waals surface area contributed by atoms with Crippen LogP contribution in [-0.4, -0.2) is 23.7 Å². The quantitative estimate of drug-likeness (QED) is 0.770. The van der Waals surface area contributed by atoms with Crippen LogP contribution in [0, 0.1) is 12.8 Å². The topological polar surface area (TPSA) is 49.3 Å². The molecule has 0 saturated heterocycles. The van der Waals surface area contributed by atoms with E-state index >= 15 is 0 Å². The lowest BCUT2D eigenvalue weighted by atomic mass is 10.0. The predicted molar refractivity (Wildman–Crippen MR) is 83.4 cm³/mol. The van der Waals surface area contributed by atoms with Gasteiger partial charge in [-0.25, -0.2) is 0 Å². The van der Waals surface area contributed by atoms with Crippen LogP contribution in [0.4, 0.5) is 0 Å². The van der Waals surface area contributed by atoms with E-state index in [9.17, 15) is 4.79 Å². The molecule has 1 aromatic rings. The molecule has 0 radical (unpaired) electrons. The van der Waals surface area contributed by atoms with Crippen molar-refractivity contribution in [3.63, 3.8) is 0 Å². The van der Waals surface area contributed by atoms with Crippen LogP contribution in [0.3, 0.4) is 0 Å². The first-order valence-electron chi connectivity index (χ1n) is 7.08. The maximum absolute atomic E-state index is 11.0. The van der Waals surface area contributed by atoms with Crippen molar-refractivity contribution in [2.75, 3.05) is 6.54 Å². The number of nitrogens with one attached hydrogen (secondary N) is 1. The Morgan fingerprint density at radius 3 is 2.65 bits per heavy atom. The first-order valence-corrected chi connectivity index (χ1v) is 7.46. The average molecular weight is 298 g/mol. The van der Waals surface area contributed by atoms with E-state index in [1.54, 1.807) is 0 Å². The number of benzene rings is 1. The van der Waals surface area contributed by atoms with Crippen LogP contribution >= 0.6 is 11.6 Å². The fraction of sp³-hybridized carbons (Fsp3) is 0.562. The van der Waals surface area contributed by atoms with Crippen molar-refractivity contribution >= 4 is 17.6 Å². The summed E-state index contributed by atoms with van der Waals surface area (Å²) < 4.78 is 0. The number of carbonyl (C=O) groups is 1. The maximum atomic E-state index is 11.0. The predicted octanol–water partition coefficient (Wildman–Crippen LogP) is 3.67. The lowest BCUT2D eigenvalue weighted by Gasteiger charge is -2.18. The number of rotatable bonds is 8. The lowest BCUT2D eigenvalue weighted by molar-refractivity contribution is -0.137. The number of hydrogen-bond donors (Lipinski definition) is 2. The number of carboxylic acids is 1. The zero-order valence-corrected chi connectivity index (χ0v) is 13.2. The van der Waals surface area contributed by atoms with Crippen molar-refractivity contribution < 1.29 is 9.90 Å². The standard InChI is InChI=1S/C16H24ClNO2/c1-11(2)6-7-18-14(10-16(19)20)9-13-4-5-15(17)12(3)8-13/h4-5,8,11,14,18H,6-7,9-10H2,1-3H3,(H,19,20). The van der Waals surface area contributed by atoms with E-state index in [1.807, 2.05) is 25.1 Å². The van der Waals surface area contributed by atoms with E-state index in [2.05, 4.69) is 19.2 Å². The Labute approximate surface area is 126 Å². The Hall–Kier alpha value is -1.06. The fourth-order valence-electron chi connectivity index (χ4n) is 2.12. The molecule has 1 unspecified atom stereocenters. The van der Waals surface area contributed by atoms with Gasteiger partial charge in [0, 0.05) is 11.1 Å². The summed E-state index contributed by atoms with van der Waals surface area (Å²) in [4.78, 5) is 11.0.